The maximum Gasteiger partial charge on any atom is 0.244 e. The van der Waals surface area contributed by atoms with E-state index in [9.17, 15) is 8.42 Å². The molecule has 1 aliphatic rings. The van der Waals surface area contributed by atoms with Crippen LogP contribution < -0.4 is 15.2 Å². The molecule has 112 valence electrons. The van der Waals surface area contributed by atoms with Crippen molar-refractivity contribution in [3.8, 4) is 5.75 Å². The van der Waals surface area contributed by atoms with Crippen LogP contribution in [0.2, 0.25) is 0 Å². The Labute approximate surface area is 120 Å². The summed E-state index contributed by atoms with van der Waals surface area (Å²) in [5.41, 5.74) is 7.32. The number of methoxy groups -OCH3 is 1. The van der Waals surface area contributed by atoms with Crippen molar-refractivity contribution in [3.05, 3.63) is 23.3 Å². The van der Waals surface area contributed by atoms with E-state index in [0.29, 0.717) is 23.8 Å². The van der Waals surface area contributed by atoms with E-state index in [2.05, 4.69) is 4.72 Å². The lowest BCUT2D eigenvalue weighted by atomic mass is 10.1. The molecule has 0 saturated heterocycles. The van der Waals surface area contributed by atoms with Gasteiger partial charge in [-0.05, 0) is 49.8 Å². The molecule has 0 heterocycles. The highest BCUT2D eigenvalue weighted by Crippen LogP contribution is 2.34. The summed E-state index contributed by atoms with van der Waals surface area (Å²) in [4.78, 5) is 0.213. The lowest BCUT2D eigenvalue weighted by Gasteiger charge is -2.19. The first-order valence-electron chi connectivity index (χ1n) is 6.76. The maximum absolute atomic E-state index is 12.6. The third-order valence-corrected chi connectivity index (χ3v) is 5.30. The molecule has 1 unspecified atom stereocenters. The summed E-state index contributed by atoms with van der Waals surface area (Å²) in [5, 5.41) is 0. The Morgan fingerprint density at radius 2 is 2.05 bits per heavy atom. The molecular weight excluding hydrogens is 276 g/mol. The molecule has 5 nitrogen and oxygen atoms in total. The molecule has 0 radical (unpaired) electrons. The third kappa shape index (κ3) is 3.13. The monoisotopic (exact) mass is 298 g/mol. The summed E-state index contributed by atoms with van der Waals surface area (Å²) in [7, 11) is -2.14. The molecule has 3 N–H and O–H groups in total. The molecule has 1 fully saturated rings. The van der Waals surface area contributed by atoms with Gasteiger partial charge < -0.3 is 10.5 Å². The van der Waals surface area contributed by atoms with Crippen LogP contribution in [0.5, 0.6) is 5.75 Å². The first kappa shape index (κ1) is 15.3. The summed E-state index contributed by atoms with van der Waals surface area (Å²) in [5.74, 6) is 0.744. The molecule has 6 heteroatoms. The van der Waals surface area contributed by atoms with Gasteiger partial charge in [-0.1, -0.05) is 6.07 Å². The zero-order valence-electron chi connectivity index (χ0n) is 12.1. The molecule has 0 amide bonds. The van der Waals surface area contributed by atoms with E-state index in [1.54, 1.807) is 13.0 Å². The largest absolute Gasteiger partial charge is 0.495 e. The van der Waals surface area contributed by atoms with Crippen LogP contribution in [0.4, 0.5) is 0 Å². The Bertz CT molecular complexity index is 595. The van der Waals surface area contributed by atoms with E-state index < -0.39 is 10.0 Å². The summed E-state index contributed by atoms with van der Waals surface area (Å²) in [6.07, 6.45) is 2.07. The van der Waals surface area contributed by atoms with E-state index in [0.717, 1.165) is 18.4 Å². The molecule has 0 bridgehead atoms. The van der Waals surface area contributed by atoms with Gasteiger partial charge in [0.05, 0.1) is 7.11 Å². The molecule has 1 atom stereocenters. The Balaban J connectivity index is 2.38. The van der Waals surface area contributed by atoms with Gasteiger partial charge in [0.1, 0.15) is 10.6 Å². The van der Waals surface area contributed by atoms with Crippen molar-refractivity contribution in [2.75, 3.05) is 13.7 Å². The molecule has 1 aromatic rings. The van der Waals surface area contributed by atoms with E-state index in [1.165, 1.54) is 7.11 Å². The molecule has 0 aromatic heterocycles. The van der Waals surface area contributed by atoms with Crippen LogP contribution in [-0.2, 0) is 10.0 Å². The smallest absolute Gasteiger partial charge is 0.244 e. The van der Waals surface area contributed by atoms with Gasteiger partial charge in [-0.25, -0.2) is 13.1 Å². The molecule has 1 aromatic carbocycles. The van der Waals surface area contributed by atoms with E-state index in [4.69, 9.17) is 10.5 Å². The van der Waals surface area contributed by atoms with E-state index in [-0.39, 0.29) is 10.9 Å². The second-order valence-electron chi connectivity index (χ2n) is 5.41. The summed E-state index contributed by atoms with van der Waals surface area (Å²) >= 11 is 0. The number of nitrogens with two attached hydrogens (primary N) is 1. The van der Waals surface area contributed by atoms with Crippen molar-refractivity contribution in [2.45, 2.75) is 37.6 Å². The number of ether oxygens (including phenoxy) is 1. The van der Waals surface area contributed by atoms with Gasteiger partial charge in [0.2, 0.25) is 10.0 Å². The molecule has 0 aliphatic heterocycles. The van der Waals surface area contributed by atoms with Crippen LogP contribution in [0.3, 0.4) is 0 Å². The van der Waals surface area contributed by atoms with Crippen molar-refractivity contribution >= 4 is 10.0 Å². The number of benzene rings is 1. The average Bonchev–Trinajstić information content (AvgIpc) is 3.18. The standard InChI is InChI=1S/C14H22N2O3S/c1-9-6-10(2)14(13(7-9)19-3)20(17,18)16-12(8-15)11-4-5-11/h6-7,11-12,16H,4-5,8,15H2,1-3H3. The van der Waals surface area contributed by atoms with Crippen molar-refractivity contribution in [1.82, 2.24) is 4.72 Å². The Kier molecular flexibility index (Phi) is 4.36. The molecular formula is C14H22N2O3S. The fourth-order valence-electron chi connectivity index (χ4n) is 2.50. The van der Waals surface area contributed by atoms with Crippen molar-refractivity contribution < 1.29 is 13.2 Å². The number of nitrogens with one attached hydrogen (secondary N) is 1. The Morgan fingerprint density at radius 3 is 2.55 bits per heavy atom. The second kappa shape index (κ2) is 5.71. The van der Waals surface area contributed by atoms with Gasteiger partial charge in [-0.3, -0.25) is 0 Å². The number of hydrogen-bond donors (Lipinski definition) is 2. The molecule has 0 spiro atoms. The van der Waals surface area contributed by atoms with Crippen LogP contribution in [0.1, 0.15) is 24.0 Å². The zero-order valence-corrected chi connectivity index (χ0v) is 13.0. The first-order valence-corrected chi connectivity index (χ1v) is 8.25. The van der Waals surface area contributed by atoms with Crippen LogP contribution in [0.25, 0.3) is 0 Å². The van der Waals surface area contributed by atoms with Gasteiger partial charge in [0, 0.05) is 12.6 Å². The SMILES string of the molecule is COc1cc(C)cc(C)c1S(=O)(=O)NC(CN)C1CC1. The molecule has 1 saturated carbocycles. The maximum atomic E-state index is 12.6. The number of rotatable bonds is 6. The minimum absolute atomic E-state index is 0.189. The minimum Gasteiger partial charge on any atom is -0.495 e. The lowest BCUT2D eigenvalue weighted by molar-refractivity contribution is 0.400. The fraction of sp³-hybridized carbons (Fsp3) is 0.571. The molecule has 1 aliphatic carbocycles. The topological polar surface area (TPSA) is 81.4 Å². The predicted molar refractivity (Wildman–Crippen MR) is 78.4 cm³/mol. The highest BCUT2D eigenvalue weighted by molar-refractivity contribution is 7.89. The van der Waals surface area contributed by atoms with Gasteiger partial charge in [0.25, 0.3) is 0 Å². The van der Waals surface area contributed by atoms with Gasteiger partial charge in [-0.2, -0.15) is 0 Å². The van der Waals surface area contributed by atoms with Gasteiger partial charge in [0.15, 0.2) is 0 Å². The van der Waals surface area contributed by atoms with Crippen LogP contribution in [-0.4, -0.2) is 28.1 Å². The highest BCUT2D eigenvalue weighted by Gasteiger charge is 2.34. The third-order valence-electron chi connectivity index (χ3n) is 3.63. The normalized spacial score (nSPS) is 17.0. The quantitative estimate of drug-likeness (QED) is 0.830. The molecule has 20 heavy (non-hydrogen) atoms. The van der Waals surface area contributed by atoms with Crippen molar-refractivity contribution in [3.63, 3.8) is 0 Å². The van der Waals surface area contributed by atoms with Crippen molar-refractivity contribution in [1.29, 1.82) is 0 Å². The van der Waals surface area contributed by atoms with Crippen LogP contribution >= 0.6 is 0 Å². The van der Waals surface area contributed by atoms with Gasteiger partial charge >= 0.3 is 0 Å². The Morgan fingerprint density at radius 1 is 1.40 bits per heavy atom. The van der Waals surface area contributed by atoms with Gasteiger partial charge in [-0.15, -0.1) is 0 Å². The van der Waals surface area contributed by atoms with E-state index >= 15 is 0 Å². The predicted octanol–water partition coefficient (Wildman–Crippen LogP) is 1.33. The first-order chi connectivity index (χ1) is 9.39. The van der Waals surface area contributed by atoms with Crippen LogP contribution in [0.15, 0.2) is 17.0 Å². The number of hydrogen-bond acceptors (Lipinski definition) is 4. The number of sulfonamides is 1. The average molecular weight is 298 g/mol. The minimum atomic E-state index is -3.62. The Hall–Kier alpha value is -1.11. The zero-order chi connectivity index (χ0) is 14.9. The van der Waals surface area contributed by atoms with Crippen LogP contribution in [0, 0.1) is 19.8 Å². The second-order valence-corrected chi connectivity index (χ2v) is 7.06. The highest BCUT2D eigenvalue weighted by atomic mass is 32.2. The lowest BCUT2D eigenvalue weighted by Crippen LogP contribution is -2.42. The fourth-order valence-corrected chi connectivity index (χ4v) is 4.20. The summed E-state index contributed by atoms with van der Waals surface area (Å²) < 4.78 is 33.2. The number of aryl methyl sites for hydroxylation is 2. The summed E-state index contributed by atoms with van der Waals surface area (Å²) in [6, 6.07) is 3.38. The van der Waals surface area contributed by atoms with E-state index in [1.807, 2.05) is 13.0 Å². The van der Waals surface area contributed by atoms with Crippen molar-refractivity contribution in [2.24, 2.45) is 11.7 Å². The summed E-state index contributed by atoms with van der Waals surface area (Å²) in [6.45, 7) is 4.00. The molecule has 2 rings (SSSR count).